The number of carbonyl (C=O) groups excluding carboxylic acids is 3. The molecule has 2 aliphatic heterocycles. The van der Waals surface area contributed by atoms with E-state index in [9.17, 15) is 24.6 Å². The smallest absolute Gasteiger partial charge is 0.334 e. The largest absolute Gasteiger partial charge is 0.461 e. The second kappa shape index (κ2) is 20.1. The molecule has 9 heteroatoms. The van der Waals surface area contributed by atoms with E-state index in [0.29, 0.717) is 25.7 Å². The molecular formula is C38H60O9. The average molecular weight is 661 g/mol. The molecule has 9 nitrogen and oxygen atoms in total. The molecule has 0 bridgehead atoms. The van der Waals surface area contributed by atoms with Gasteiger partial charge in [0.05, 0.1) is 25.0 Å². The molecule has 3 aliphatic rings. The lowest BCUT2D eigenvalue weighted by atomic mass is 9.81. The number of ether oxygens (including phenoxy) is 4. The molecule has 1 aliphatic carbocycles. The number of carbonyl (C=O) groups is 3. The standard InChI is InChI=1S/C38H60O9/c1-5-6-7-8-9-10-11-12-13-14-15-16-17-20-30(40)25-32(41)44-23-21-28(3)36(42)45-31-24-27(2)19-18-22-38(26-39)35(47-38)34-33(31)29(4)37(43)46-34/h19,21,30-31,33-35,39-40H,4-18,20,22-26H2,1-3H3/b27-19-,28-21+/t30-,31?,33?,34?,35?,38?/m0/s1. The van der Waals surface area contributed by atoms with Crippen molar-refractivity contribution in [3.05, 3.63) is 35.5 Å². The van der Waals surface area contributed by atoms with Crippen molar-refractivity contribution in [3.63, 3.8) is 0 Å². The van der Waals surface area contributed by atoms with E-state index in [-0.39, 0.29) is 30.8 Å². The first-order valence-corrected chi connectivity index (χ1v) is 18.2. The van der Waals surface area contributed by atoms with Gasteiger partial charge in [0.1, 0.15) is 30.5 Å². The Bertz CT molecular complexity index is 1090. The fourth-order valence-corrected chi connectivity index (χ4v) is 6.82. The van der Waals surface area contributed by atoms with Gasteiger partial charge in [0.2, 0.25) is 0 Å². The van der Waals surface area contributed by atoms with E-state index in [1.807, 2.05) is 13.0 Å². The highest BCUT2D eigenvalue weighted by molar-refractivity contribution is 5.92. The van der Waals surface area contributed by atoms with Crippen molar-refractivity contribution in [1.29, 1.82) is 0 Å². The van der Waals surface area contributed by atoms with Crippen LogP contribution in [0.1, 0.15) is 136 Å². The summed E-state index contributed by atoms with van der Waals surface area (Å²) in [4.78, 5) is 37.9. The first-order valence-electron chi connectivity index (χ1n) is 18.2. The van der Waals surface area contributed by atoms with Gasteiger partial charge in [-0.2, -0.15) is 0 Å². The number of fused-ring (bicyclic) bond motifs is 3. The molecule has 0 aromatic rings. The summed E-state index contributed by atoms with van der Waals surface area (Å²) >= 11 is 0. The summed E-state index contributed by atoms with van der Waals surface area (Å²) < 4.78 is 22.7. The molecule has 5 unspecified atom stereocenters. The minimum Gasteiger partial charge on any atom is -0.461 e. The number of unbranched alkanes of at least 4 members (excludes halogenated alkanes) is 12. The predicted molar refractivity (Wildman–Crippen MR) is 180 cm³/mol. The van der Waals surface area contributed by atoms with Crippen LogP contribution in [0, 0.1) is 5.92 Å². The van der Waals surface area contributed by atoms with E-state index in [0.717, 1.165) is 24.8 Å². The molecule has 2 saturated heterocycles. The molecule has 266 valence electrons. The molecule has 0 spiro atoms. The van der Waals surface area contributed by atoms with E-state index in [4.69, 9.17) is 18.9 Å². The average Bonchev–Trinajstić information content (AvgIpc) is 3.68. The number of esters is 3. The van der Waals surface area contributed by atoms with Gasteiger partial charge in [0.15, 0.2) is 0 Å². The SMILES string of the molecule is C=C1C(=O)OC2C1C(OC(=O)/C(C)=C/COC(=O)C[C@@H](O)CCCCCCCCCCCCCCC)C/C(C)=C\CCC1(CO)OC21. The Hall–Kier alpha value is -2.49. The highest BCUT2D eigenvalue weighted by Crippen LogP contribution is 2.50. The Balaban J connectivity index is 1.34. The highest BCUT2D eigenvalue weighted by atomic mass is 16.7. The zero-order valence-corrected chi connectivity index (χ0v) is 29.1. The number of allylic oxidation sites excluding steroid dienone is 1. The zero-order valence-electron chi connectivity index (χ0n) is 29.1. The molecule has 2 fully saturated rings. The van der Waals surface area contributed by atoms with E-state index in [2.05, 4.69) is 13.5 Å². The molecule has 2 heterocycles. The van der Waals surface area contributed by atoms with Gasteiger partial charge in [-0.25, -0.2) is 9.59 Å². The Labute approximate surface area is 282 Å². The quantitative estimate of drug-likeness (QED) is 0.0334. The van der Waals surface area contributed by atoms with E-state index >= 15 is 0 Å². The normalized spacial score (nSPS) is 27.6. The Kier molecular flexibility index (Phi) is 16.7. The van der Waals surface area contributed by atoms with Crippen molar-refractivity contribution in [3.8, 4) is 0 Å². The molecule has 0 radical (unpaired) electrons. The van der Waals surface area contributed by atoms with Crippen molar-refractivity contribution in [2.24, 2.45) is 5.92 Å². The summed E-state index contributed by atoms with van der Waals surface area (Å²) in [5.41, 5.74) is 0.671. The van der Waals surface area contributed by atoms with Gasteiger partial charge in [0, 0.05) is 17.6 Å². The number of epoxide rings is 1. The summed E-state index contributed by atoms with van der Waals surface area (Å²) in [5.74, 6) is -2.29. The predicted octanol–water partition coefficient (Wildman–Crippen LogP) is 6.98. The molecule has 2 N–H and O–H groups in total. The van der Waals surface area contributed by atoms with Crippen molar-refractivity contribution in [2.45, 2.75) is 166 Å². The van der Waals surface area contributed by atoms with Crippen LogP contribution in [0.4, 0.5) is 0 Å². The van der Waals surface area contributed by atoms with Crippen LogP contribution >= 0.6 is 0 Å². The summed E-state index contributed by atoms with van der Waals surface area (Å²) in [5, 5.41) is 20.3. The lowest BCUT2D eigenvalue weighted by Gasteiger charge is -2.28. The minimum absolute atomic E-state index is 0.0823. The van der Waals surface area contributed by atoms with Crippen LogP contribution in [0.5, 0.6) is 0 Å². The number of hydrogen-bond donors (Lipinski definition) is 2. The Morgan fingerprint density at radius 1 is 1.06 bits per heavy atom. The molecule has 47 heavy (non-hydrogen) atoms. The third-order valence-corrected chi connectivity index (χ3v) is 9.89. The molecule has 6 atom stereocenters. The number of aliphatic hydroxyl groups excluding tert-OH is 2. The summed E-state index contributed by atoms with van der Waals surface area (Å²) in [6.45, 7) is 9.37. The van der Waals surface area contributed by atoms with Crippen molar-refractivity contribution < 1.29 is 43.5 Å². The third kappa shape index (κ3) is 12.5. The molecular weight excluding hydrogens is 600 g/mol. The van der Waals surface area contributed by atoms with Gasteiger partial charge in [0.25, 0.3) is 0 Å². The van der Waals surface area contributed by atoms with Gasteiger partial charge in [-0.1, -0.05) is 109 Å². The van der Waals surface area contributed by atoms with Crippen LogP contribution in [-0.4, -0.2) is 71.4 Å². The Morgan fingerprint density at radius 2 is 1.68 bits per heavy atom. The maximum atomic E-state index is 13.1. The second-order valence-electron chi connectivity index (χ2n) is 13.9. The first-order chi connectivity index (χ1) is 22.6. The first kappa shape index (κ1) is 39.0. The van der Waals surface area contributed by atoms with Crippen LogP contribution in [0.3, 0.4) is 0 Å². The molecule has 0 amide bonds. The number of hydrogen-bond acceptors (Lipinski definition) is 9. The zero-order chi connectivity index (χ0) is 34.2. The number of aliphatic hydroxyl groups is 2. The van der Waals surface area contributed by atoms with Gasteiger partial charge < -0.3 is 29.2 Å². The van der Waals surface area contributed by atoms with E-state index in [1.54, 1.807) is 6.92 Å². The summed E-state index contributed by atoms with van der Waals surface area (Å²) in [6.07, 6.45) is 19.3. The van der Waals surface area contributed by atoms with Crippen molar-refractivity contribution >= 4 is 17.9 Å². The lowest BCUT2D eigenvalue weighted by molar-refractivity contribution is -0.149. The van der Waals surface area contributed by atoms with E-state index < -0.39 is 53.8 Å². The minimum atomic E-state index is -0.782. The molecule has 3 rings (SSSR count). The highest BCUT2D eigenvalue weighted by Gasteiger charge is 2.65. The molecule has 0 aromatic heterocycles. The van der Waals surface area contributed by atoms with Gasteiger partial charge in [-0.15, -0.1) is 0 Å². The molecule has 0 aromatic carbocycles. The van der Waals surface area contributed by atoms with Crippen LogP contribution < -0.4 is 0 Å². The van der Waals surface area contributed by atoms with Gasteiger partial charge in [-0.3, -0.25) is 4.79 Å². The Morgan fingerprint density at radius 3 is 2.30 bits per heavy atom. The maximum absolute atomic E-state index is 13.1. The maximum Gasteiger partial charge on any atom is 0.334 e. The number of rotatable bonds is 21. The van der Waals surface area contributed by atoms with Crippen LogP contribution in [0.2, 0.25) is 0 Å². The molecule has 0 saturated carbocycles. The van der Waals surface area contributed by atoms with Crippen LogP contribution in [0.15, 0.2) is 35.5 Å². The third-order valence-electron chi connectivity index (χ3n) is 9.89. The van der Waals surface area contributed by atoms with Crippen molar-refractivity contribution in [1.82, 2.24) is 0 Å². The van der Waals surface area contributed by atoms with Gasteiger partial charge in [-0.05, 0) is 39.2 Å². The van der Waals surface area contributed by atoms with Gasteiger partial charge >= 0.3 is 17.9 Å². The van der Waals surface area contributed by atoms with Crippen LogP contribution in [0.25, 0.3) is 0 Å². The topological polar surface area (TPSA) is 132 Å². The second-order valence-corrected chi connectivity index (χ2v) is 13.9. The van der Waals surface area contributed by atoms with Crippen LogP contribution in [-0.2, 0) is 33.3 Å². The van der Waals surface area contributed by atoms with E-state index in [1.165, 1.54) is 70.3 Å². The fourth-order valence-electron chi connectivity index (χ4n) is 6.82. The fraction of sp³-hybridized carbons (Fsp3) is 0.763. The summed E-state index contributed by atoms with van der Waals surface area (Å²) in [7, 11) is 0. The summed E-state index contributed by atoms with van der Waals surface area (Å²) in [6, 6.07) is 0. The van der Waals surface area contributed by atoms with Crippen molar-refractivity contribution in [2.75, 3.05) is 13.2 Å². The monoisotopic (exact) mass is 660 g/mol. The lowest BCUT2D eigenvalue weighted by Crippen LogP contribution is -2.39.